The molecule has 0 aliphatic rings. The number of benzene rings is 1. The minimum Gasteiger partial charge on any atom is -0.474 e. The van der Waals surface area contributed by atoms with Crippen LogP contribution in [0.15, 0.2) is 54.7 Å². The van der Waals surface area contributed by atoms with Crippen LogP contribution in [0.1, 0.15) is 6.92 Å². The Kier molecular flexibility index (Phi) is 4.71. The summed E-state index contributed by atoms with van der Waals surface area (Å²) in [5, 5.41) is 0.353. The van der Waals surface area contributed by atoms with Gasteiger partial charge in [0.15, 0.2) is 17.0 Å². The molecule has 0 amide bonds. The van der Waals surface area contributed by atoms with Crippen molar-refractivity contribution in [2.45, 2.75) is 6.92 Å². The number of para-hydroxylation sites is 1. The molecule has 124 valence electrons. The molecule has 0 saturated heterocycles. The molecule has 0 spiro atoms. The molecule has 0 aliphatic carbocycles. The van der Waals surface area contributed by atoms with Crippen LogP contribution in [0.2, 0.25) is 0 Å². The molecule has 0 atom stereocenters. The van der Waals surface area contributed by atoms with E-state index in [1.54, 1.807) is 43.3 Å². The molecule has 2 heterocycles. The number of ether oxygens (including phenoxy) is 2. The molecule has 0 saturated carbocycles. The predicted octanol–water partition coefficient (Wildman–Crippen LogP) is 3.76. The molecule has 0 aliphatic heterocycles. The number of esters is 1. The molecule has 0 fully saturated rings. The summed E-state index contributed by atoms with van der Waals surface area (Å²) >= 11 is 3.20. The first-order valence-electron chi connectivity index (χ1n) is 7.20. The van der Waals surface area contributed by atoms with Gasteiger partial charge in [-0.3, -0.25) is 4.79 Å². The van der Waals surface area contributed by atoms with E-state index in [0.717, 1.165) is 0 Å². The summed E-state index contributed by atoms with van der Waals surface area (Å²) in [4.78, 5) is 24.2. The number of carbonyl (C=O) groups excluding carboxylic acids is 1. The molecule has 0 radical (unpaired) electrons. The zero-order valence-corrected chi connectivity index (χ0v) is 14.3. The number of fused-ring (bicyclic) bond motifs is 1. The normalized spacial score (nSPS) is 10.8. The first-order valence-corrected chi connectivity index (χ1v) is 7.99. The molecule has 0 unspecified atom stereocenters. The van der Waals surface area contributed by atoms with Crippen LogP contribution in [0.25, 0.3) is 22.5 Å². The lowest BCUT2D eigenvalue weighted by Gasteiger charge is -2.09. The molecule has 3 aromatic rings. The van der Waals surface area contributed by atoms with Crippen LogP contribution in [-0.2, 0) is 9.53 Å². The van der Waals surface area contributed by atoms with Crippen molar-refractivity contribution in [2.75, 3.05) is 13.2 Å². The molecule has 0 N–H and O–H groups in total. The number of halogens is 1. The third kappa shape index (κ3) is 3.21. The Morgan fingerprint density at radius 2 is 1.96 bits per heavy atom. The summed E-state index contributed by atoms with van der Waals surface area (Å²) in [6.07, 6.45) is 0. The van der Waals surface area contributed by atoms with E-state index < -0.39 is 12.6 Å². The average molecular weight is 393 g/mol. The third-order valence-electron chi connectivity index (χ3n) is 3.19. The minimum absolute atomic E-state index is 0.0939. The molecule has 7 heteroatoms. The van der Waals surface area contributed by atoms with Crippen LogP contribution in [0.4, 0.5) is 0 Å². The molecule has 24 heavy (non-hydrogen) atoms. The van der Waals surface area contributed by atoms with E-state index in [4.69, 9.17) is 18.3 Å². The third-order valence-corrected chi connectivity index (χ3v) is 3.62. The fourth-order valence-electron chi connectivity index (χ4n) is 2.19. The van der Waals surface area contributed by atoms with E-state index in [2.05, 4.69) is 15.9 Å². The number of hydrogen-bond donors (Lipinski definition) is 0. The lowest BCUT2D eigenvalue weighted by Crippen LogP contribution is -2.18. The van der Waals surface area contributed by atoms with Crippen LogP contribution < -0.4 is 10.2 Å². The summed E-state index contributed by atoms with van der Waals surface area (Å²) in [5.41, 5.74) is 0.0113. The topological polar surface area (TPSA) is 78.9 Å². The van der Waals surface area contributed by atoms with Crippen molar-refractivity contribution < 1.29 is 23.1 Å². The summed E-state index contributed by atoms with van der Waals surface area (Å²) in [7, 11) is 0. The SMILES string of the molecule is CCOC(=O)COc1c(-c2ccc(Br)o2)oc2ccccc2c1=O. The monoisotopic (exact) mass is 392 g/mol. The summed E-state index contributed by atoms with van der Waals surface area (Å²) in [6, 6.07) is 10.1. The first-order chi connectivity index (χ1) is 11.6. The van der Waals surface area contributed by atoms with Crippen LogP contribution in [-0.4, -0.2) is 19.2 Å². The van der Waals surface area contributed by atoms with Gasteiger partial charge in [0.2, 0.25) is 16.9 Å². The van der Waals surface area contributed by atoms with E-state index in [1.165, 1.54) is 0 Å². The second-order valence-electron chi connectivity index (χ2n) is 4.78. The van der Waals surface area contributed by atoms with E-state index in [1.807, 2.05) is 0 Å². The molecule has 6 nitrogen and oxygen atoms in total. The highest BCUT2D eigenvalue weighted by Crippen LogP contribution is 2.33. The quantitative estimate of drug-likeness (QED) is 0.615. The fourth-order valence-corrected chi connectivity index (χ4v) is 2.49. The van der Waals surface area contributed by atoms with Crippen molar-refractivity contribution in [1.82, 2.24) is 0 Å². The number of rotatable bonds is 5. The van der Waals surface area contributed by atoms with Crippen molar-refractivity contribution in [3.05, 3.63) is 51.3 Å². The molecule has 0 bridgehead atoms. The number of carbonyl (C=O) groups is 1. The van der Waals surface area contributed by atoms with E-state index >= 15 is 0 Å². The maximum Gasteiger partial charge on any atom is 0.344 e. The van der Waals surface area contributed by atoms with Gasteiger partial charge in [0.05, 0.1) is 12.0 Å². The Hall–Kier alpha value is -2.54. The smallest absolute Gasteiger partial charge is 0.344 e. The molecular weight excluding hydrogens is 380 g/mol. The molecular formula is C17H13BrO6. The Bertz CT molecular complexity index is 940. The van der Waals surface area contributed by atoms with Crippen LogP contribution in [0.3, 0.4) is 0 Å². The van der Waals surface area contributed by atoms with Gasteiger partial charge in [-0.15, -0.1) is 0 Å². The van der Waals surface area contributed by atoms with E-state index in [9.17, 15) is 9.59 Å². The molecule has 1 aromatic carbocycles. The van der Waals surface area contributed by atoms with Crippen molar-refractivity contribution >= 4 is 32.9 Å². The maximum absolute atomic E-state index is 12.7. The van der Waals surface area contributed by atoms with Crippen molar-refractivity contribution in [2.24, 2.45) is 0 Å². The van der Waals surface area contributed by atoms with E-state index in [-0.39, 0.29) is 23.5 Å². The van der Waals surface area contributed by atoms with Gasteiger partial charge in [-0.25, -0.2) is 4.79 Å². The van der Waals surface area contributed by atoms with Gasteiger partial charge >= 0.3 is 5.97 Å². The Labute approximate surface area is 145 Å². The van der Waals surface area contributed by atoms with Gasteiger partial charge in [0.25, 0.3) is 0 Å². The van der Waals surface area contributed by atoms with Crippen molar-refractivity contribution in [3.8, 4) is 17.3 Å². The lowest BCUT2D eigenvalue weighted by molar-refractivity contribution is -0.145. The number of furan rings is 1. The summed E-state index contributed by atoms with van der Waals surface area (Å²) < 4.78 is 21.9. The fraction of sp³-hybridized carbons (Fsp3) is 0.176. The Morgan fingerprint density at radius 3 is 2.67 bits per heavy atom. The van der Waals surface area contributed by atoms with Crippen LogP contribution in [0, 0.1) is 0 Å². The van der Waals surface area contributed by atoms with Crippen molar-refractivity contribution in [1.29, 1.82) is 0 Å². The highest BCUT2D eigenvalue weighted by molar-refractivity contribution is 9.10. The van der Waals surface area contributed by atoms with Crippen molar-refractivity contribution in [3.63, 3.8) is 0 Å². The number of hydrogen-bond acceptors (Lipinski definition) is 6. The predicted molar refractivity (Wildman–Crippen MR) is 90.0 cm³/mol. The molecule has 3 rings (SSSR count). The highest BCUT2D eigenvalue weighted by atomic mass is 79.9. The molecule has 2 aromatic heterocycles. The largest absolute Gasteiger partial charge is 0.474 e. The second kappa shape index (κ2) is 6.92. The van der Waals surface area contributed by atoms with Crippen LogP contribution in [0.5, 0.6) is 5.75 Å². The summed E-state index contributed by atoms with van der Waals surface area (Å²) in [6.45, 7) is 1.52. The van der Waals surface area contributed by atoms with E-state index in [0.29, 0.717) is 21.4 Å². The van der Waals surface area contributed by atoms with Gasteiger partial charge in [-0.2, -0.15) is 0 Å². The minimum atomic E-state index is -0.573. The Morgan fingerprint density at radius 1 is 1.17 bits per heavy atom. The maximum atomic E-state index is 12.7. The second-order valence-corrected chi connectivity index (χ2v) is 5.56. The lowest BCUT2D eigenvalue weighted by atomic mass is 10.2. The zero-order valence-electron chi connectivity index (χ0n) is 12.7. The van der Waals surface area contributed by atoms with Gasteiger partial charge in [0, 0.05) is 0 Å². The van der Waals surface area contributed by atoms with Gasteiger partial charge in [0.1, 0.15) is 5.58 Å². The van der Waals surface area contributed by atoms with Gasteiger partial charge in [-0.1, -0.05) is 12.1 Å². The van der Waals surface area contributed by atoms with Gasteiger partial charge < -0.3 is 18.3 Å². The zero-order chi connectivity index (χ0) is 17.1. The Balaban J connectivity index is 2.11. The average Bonchev–Trinajstić information content (AvgIpc) is 3.00. The first kappa shape index (κ1) is 16.3. The van der Waals surface area contributed by atoms with Gasteiger partial charge in [-0.05, 0) is 47.1 Å². The summed E-state index contributed by atoms with van der Waals surface area (Å²) in [5.74, 6) is -0.238. The highest BCUT2D eigenvalue weighted by Gasteiger charge is 2.21. The van der Waals surface area contributed by atoms with Crippen LogP contribution >= 0.6 is 15.9 Å². The standard InChI is InChI=1S/C17H13BrO6/c1-2-21-14(19)9-22-17-15(20)10-5-3-4-6-11(10)24-16(17)12-7-8-13(18)23-12/h3-8H,2,9H2,1H3.